The third-order valence-corrected chi connectivity index (χ3v) is 4.45. The maximum absolute atomic E-state index is 12.4. The maximum atomic E-state index is 12.4. The van der Waals surface area contributed by atoms with Crippen molar-refractivity contribution in [1.82, 2.24) is 4.98 Å². The minimum atomic E-state index is -0.963. The highest BCUT2D eigenvalue weighted by atomic mass is 16.6. The molecule has 0 saturated heterocycles. The van der Waals surface area contributed by atoms with Crippen molar-refractivity contribution in [2.75, 3.05) is 10.6 Å². The van der Waals surface area contributed by atoms with Crippen LogP contribution >= 0.6 is 0 Å². The van der Waals surface area contributed by atoms with Crippen LogP contribution in [0.25, 0.3) is 6.08 Å². The summed E-state index contributed by atoms with van der Waals surface area (Å²) in [5, 5.41) is 22.2. The van der Waals surface area contributed by atoms with Crippen molar-refractivity contribution >= 4 is 41.1 Å². The Balaban J connectivity index is 2.00. The molecule has 9 nitrogen and oxygen atoms in total. The largest absolute Gasteiger partial charge is 0.481 e. The Morgan fingerprint density at radius 3 is 2.29 bits per heavy atom. The van der Waals surface area contributed by atoms with Gasteiger partial charge >= 0.3 is 12.1 Å². The number of pyridine rings is 1. The lowest BCUT2D eigenvalue weighted by Gasteiger charge is -2.20. The zero-order valence-corrected chi connectivity index (χ0v) is 19.7. The summed E-state index contributed by atoms with van der Waals surface area (Å²) in [4.78, 5) is 40.1. The van der Waals surface area contributed by atoms with Crippen LogP contribution < -0.4 is 10.6 Å². The number of benzene rings is 1. The lowest BCUT2D eigenvalue weighted by Crippen LogP contribution is -2.27. The van der Waals surface area contributed by atoms with Crippen LogP contribution in [0.3, 0.4) is 0 Å². The van der Waals surface area contributed by atoms with E-state index in [9.17, 15) is 19.5 Å². The summed E-state index contributed by atoms with van der Waals surface area (Å²) in [6.45, 7) is 6.85. The molecule has 0 fully saturated rings. The number of carbonyl (C=O) groups excluding carboxylic acids is 2. The Hall–Kier alpha value is -4.01. The summed E-state index contributed by atoms with van der Waals surface area (Å²) < 4.78 is 5.25. The topological polar surface area (TPSA) is 141 Å². The first kappa shape index (κ1) is 26.2. The summed E-state index contributed by atoms with van der Waals surface area (Å²) in [6.07, 6.45) is 4.22. The van der Waals surface area contributed by atoms with E-state index in [1.807, 2.05) is 0 Å². The Labute approximate surface area is 198 Å². The van der Waals surface area contributed by atoms with Gasteiger partial charge in [0.1, 0.15) is 5.60 Å². The number of anilines is 2. The first-order valence-electron chi connectivity index (χ1n) is 10.7. The molecule has 1 heterocycles. The zero-order valence-electron chi connectivity index (χ0n) is 19.7. The molecule has 2 aromatic rings. The third-order valence-electron chi connectivity index (χ3n) is 4.45. The lowest BCUT2D eigenvalue weighted by atomic mass is 9.97. The van der Waals surface area contributed by atoms with Gasteiger partial charge in [0.05, 0.1) is 17.3 Å². The van der Waals surface area contributed by atoms with Crippen molar-refractivity contribution in [3.63, 3.8) is 0 Å². The molecule has 1 atom stereocenters. The number of hydrogen-bond donors (Lipinski definition) is 4. The number of ether oxygens (including phenoxy) is 1. The molecule has 0 bridgehead atoms. The molecule has 0 spiro atoms. The molecule has 1 unspecified atom stereocenters. The highest BCUT2D eigenvalue weighted by Crippen LogP contribution is 2.22. The molecule has 0 aliphatic rings. The normalized spacial score (nSPS) is 12.1. The quantitative estimate of drug-likeness (QED) is 0.310. The molecule has 34 heavy (non-hydrogen) atoms. The molecular formula is C25H30N4O5. The van der Waals surface area contributed by atoms with Crippen molar-refractivity contribution in [2.24, 2.45) is 5.92 Å². The van der Waals surface area contributed by atoms with Gasteiger partial charge in [-0.3, -0.25) is 19.9 Å². The summed E-state index contributed by atoms with van der Waals surface area (Å²) in [5.41, 5.74) is 1.73. The van der Waals surface area contributed by atoms with Crippen molar-refractivity contribution in [2.45, 2.75) is 46.1 Å². The van der Waals surface area contributed by atoms with Gasteiger partial charge in [0.25, 0.3) is 0 Å². The molecule has 180 valence electrons. The second-order valence-electron chi connectivity index (χ2n) is 8.80. The van der Waals surface area contributed by atoms with Crippen LogP contribution in [-0.4, -0.2) is 39.4 Å². The summed E-state index contributed by atoms with van der Waals surface area (Å²) >= 11 is 0. The predicted molar refractivity (Wildman–Crippen MR) is 131 cm³/mol. The molecular weight excluding hydrogens is 436 g/mol. The van der Waals surface area contributed by atoms with E-state index in [-0.39, 0.29) is 12.8 Å². The maximum Gasteiger partial charge on any atom is 0.412 e. The van der Waals surface area contributed by atoms with E-state index in [1.165, 1.54) is 6.08 Å². The van der Waals surface area contributed by atoms with Gasteiger partial charge in [-0.25, -0.2) is 4.79 Å². The monoisotopic (exact) mass is 466 g/mol. The number of carboxylic acids is 1. The first-order valence-corrected chi connectivity index (χ1v) is 10.7. The van der Waals surface area contributed by atoms with Gasteiger partial charge in [0.2, 0.25) is 5.91 Å². The van der Waals surface area contributed by atoms with Crippen molar-refractivity contribution < 1.29 is 24.2 Å². The van der Waals surface area contributed by atoms with Crippen molar-refractivity contribution in [3.05, 3.63) is 59.9 Å². The van der Waals surface area contributed by atoms with E-state index in [0.29, 0.717) is 28.3 Å². The van der Waals surface area contributed by atoms with Crippen molar-refractivity contribution in [3.8, 4) is 0 Å². The van der Waals surface area contributed by atoms with Gasteiger partial charge in [-0.15, -0.1) is 0 Å². The molecule has 0 saturated carbocycles. The molecule has 4 N–H and O–H groups in total. The SMILES string of the molecule is CC(=N)CC(Cc1ccc(C=CC(=O)Nc2ccccc2NC(=O)OC(C)(C)C)cn1)C(=O)O. The van der Waals surface area contributed by atoms with E-state index in [2.05, 4.69) is 15.6 Å². The second-order valence-corrected chi connectivity index (χ2v) is 8.80. The number of carbonyl (C=O) groups is 3. The second kappa shape index (κ2) is 11.7. The highest BCUT2D eigenvalue weighted by molar-refractivity contribution is 6.05. The van der Waals surface area contributed by atoms with Crippen LogP contribution in [0, 0.1) is 11.3 Å². The summed E-state index contributed by atoms with van der Waals surface area (Å²) in [5.74, 6) is -2.07. The Bertz CT molecular complexity index is 1070. The number of nitrogens with one attached hydrogen (secondary N) is 3. The average molecular weight is 467 g/mol. The van der Waals surface area contributed by atoms with Crippen LogP contribution in [-0.2, 0) is 20.7 Å². The molecule has 2 rings (SSSR count). The fourth-order valence-corrected chi connectivity index (χ4v) is 2.99. The third kappa shape index (κ3) is 9.23. The molecule has 1 aromatic heterocycles. The van der Waals surface area contributed by atoms with Crippen LogP contribution in [0.15, 0.2) is 48.7 Å². The first-order chi connectivity index (χ1) is 15.9. The van der Waals surface area contributed by atoms with E-state index >= 15 is 0 Å². The van der Waals surface area contributed by atoms with E-state index in [4.69, 9.17) is 10.1 Å². The lowest BCUT2D eigenvalue weighted by molar-refractivity contribution is -0.141. The number of aromatic nitrogens is 1. The number of hydrogen-bond acceptors (Lipinski definition) is 6. The van der Waals surface area contributed by atoms with Crippen LogP contribution in [0.1, 0.15) is 45.4 Å². The van der Waals surface area contributed by atoms with Gasteiger partial charge in [0.15, 0.2) is 0 Å². The van der Waals surface area contributed by atoms with Crippen LogP contribution in [0.5, 0.6) is 0 Å². The number of aliphatic carboxylic acids is 1. The Morgan fingerprint density at radius 1 is 1.12 bits per heavy atom. The molecule has 1 aromatic carbocycles. The number of rotatable bonds is 9. The van der Waals surface area contributed by atoms with Gasteiger partial charge in [0, 0.05) is 30.1 Å². The zero-order chi connectivity index (χ0) is 25.3. The highest BCUT2D eigenvalue weighted by Gasteiger charge is 2.19. The molecule has 9 heteroatoms. The van der Waals surface area contributed by atoms with Gasteiger partial charge < -0.3 is 20.6 Å². The minimum absolute atomic E-state index is 0.170. The summed E-state index contributed by atoms with van der Waals surface area (Å²) in [6, 6.07) is 10.2. The number of para-hydroxylation sites is 2. The average Bonchev–Trinajstić information content (AvgIpc) is 2.72. The van der Waals surface area contributed by atoms with E-state index < -0.39 is 29.5 Å². The Kier molecular flexibility index (Phi) is 9.06. The van der Waals surface area contributed by atoms with Gasteiger partial charge in [-0.1, -0.05) is 18.2 Å². The predicted octanol–water partition coefficient (Wildman–Crippen LogP) is 4.75. The summed E-state index contributed by atoms with van der Waals surface area (Å²) in [7, 11) is 0. The number of nitrogens with zero attached hydrogens (tertiary/aromatic N) is 1. The fraction of sp³-hybridized carbons (Fsp3) is 0.320. The molecule has 0 radical (unpaired) electrons. The molecule has 2 amide bonds. The Morgan fingerprint density at radius 2 is 1.76 bits per heavy atom. The van der Waals surface area contributed by atoms with E-state index in [1.54, 1.807) is 76.4 Å². The smallest absolute Gasteiger partial charge is 0.412 e. The van der Waals surface area contributed by atoms with Gasteiger partial charge in [-0.2, -0.15) is 0 Å². The van der Waals surface area contributed by atoms with Crippen molar-refractivity contribution in [1.29, 1.82) is 5.41 Å². The van der Waals surface area contributed by atoms with Crippen LogP contribution in [0.2, 0.25) is 0 Å². The molecule has 0 aliphatic heterocycles. The standard InChI is InChI=1S/C25H30N4O5/c1-16(26)13-18(23(31)32)14-19-11-9-17(15-27-19)10-12-22(30)28-20-7-5-6-8-21(20)29-24(33)34-25(2,3)4/h5-12,15,18,26H,13-14H2,1-4H3,(H,28,30)(H,29,33)(H,31,32). The number of carboxylic acid groups (broad SMARTS) is 1. The van der Waals surface area contributed by atoms with Gasteiger partial charge in [-0.05, 0) is 64.0 Å². The van der Waals surface area contributed by atoms with Crippen LogP contribution in [0.4, 0.5) is 16.2 Å². The molecule has 0 aliphatic carbocycles. The number of amides is 2. The van der Waals surface area contributed by atoms with E-state index in [0.717, 1.165) is 0 Å². The minimum Gasteiger partial charge on any atom is -0.481 e. The fourth-order valence-electron chi connectivity index (χ4n) is 2.99.